The van der Waals surface area contributed by atoms with Gasteiger partial charge in [0.25, 0.3) is 0 Å². The van der Waals surface area contributed by atoms with Crippen LogP contribution in [0.5, 0.6) is 0 Å². The molecule has 3 atom stereocenters. The van der Waals surface area contributed by atoms with Crippen LogP contribution in [0.15, 0.2) is 0 Å². The Morgan fingerprint density at radius 2 is 1.61 bits per heavy atom. The minimum absolute atomic E-state index is 0.00495. The number of ether oxygens (including phenoxy) is 1. The first-order valence-electron chi connectivity index (χ1n) is 7.53. The molecule has 1 aliphatic heterocycles. The first-order valence-corrected chi connectivity index (χ1v) is 7.53. The van der Waals surface area contributed by atoms with Crippen molar-refractivity contribution in [3.05, 3.63) is 0 Å². The van der Waals surface area contributed by atoms with Gasteiger partial charge in [-0.05, 0) is 58.4 Å². The van der Waals surface area contributed by atoms with Crippen molar-refractivity contribution in [1.29, 1.82) is 0 Å². The third-order valence-electron chi connectivity index (χ3n) is 5.04. The molecule has 1 saturated carbocycles. The molecule has 1 saturated heterocycles. The Bertz CT molecular complexity index is 319. The second-order valence-corrected chi connectivity index (χ2v) is 8.16. The van der Waals surface area contributed by atoms with Crippen LogP contribution in [-0.2, 0) is 4.74 Å². The lowest BCUT2D eigenvalue weighted by molar-refractivity contribution is -0.0786. The molecule has 2 nitrogen and oxygen atoms in total. The van der Waals surface area contributed by atoms with Crippen molar-refractivity contribution in [2.75, 3.05) is 6.54 Å². The highest BCUT2D eigenvalue weighted by atomic mass is 16.5. The first kappa shape index (κ1) is 14.3. The van der Waals surface area contributed by atoms with Gasteiger partial charge in [0.15, 0.2) is 0 Å². The van der Waals surface area contributed by atoms with Gasteiger partial charge >= 0.3 is 0 Å². The van der Waals surface area contributed by atoms with Crippen molar-refractivity contribution in [1.82, 2.24) is 5.32 Å². The SMILES string of the molecule is CCNC(C1CC1(C)C)C1CC(C)(C)OC1(C)C. The van der Waals surface area contributed by atoms with Crippen LogP contribution in [0.1, 0.15) is 61.3 Å². The van der Waals surface area contributed by atoms with E-state index >= 15 is 0 Å². The van der Waals surface area contributed by atoms with Gasteiger partial charge in [-0.15, -0.1) is 0 Å². The van der Waals surface area contributed by atoms with Crippen molar-refractivity contribution in [2.24, 2.45) is 17.3 Å². The van der Waals surface area contributed by atoms with Crippen LogP contribution < -0.4 is 5.32 Å². The molecule has 0 spiro atoms. The maximum Gasteiger partial charge on any atom is 0.0677 e. The monoisotopic (exact) mass is 253 g/mol. The largest absolute Gasteiger partial charge is 0.369 e. The highest BCUT2D eigenvalue weighted by Crippen LogP contribution is 2.58. The zero-order valence-corrected chi connectivity index (χ0v) is 13.3. The van der Waals surface area contributed by atoms with Gasteiger partial charge in [0.1, 0.15) is 0 Å². The smallest absolute Gasteiger partial charge is 0.0677 e. The summed E-state index contributed by atoms with van der Waals surface area (Å²) in [7, 11) is 0. The predicted octanol–water partition coefficient (Wildman–Crippen LogP) is 3.60. The third-order valence-corrected chi connectivity index (χ3v) is 5.04. The van der Waals surface area contributed by atoms with E-state index in [4.69, 9.17) is 4.74 Å². The summed E-state index contributed by atoms with van der Waals surface area (Å²) in [4.78, 5) is 0. The first-order chi connectivity index (χ1) is 8.09. The normalized spacial score (nSPS) is 37.5. The fraction of sp³-hybridized carbons (Fsp3) is 1.00. The van der Waals surface area contributed by atoms with Crippen LogP contribution >= 0.6 is 0 Å². The lowest BCUT2D eigenvalue weighted by atomic mass is 9.78. The van der Waals surface area contributed by atoms with E-state index in [0.29, 0.717) is 17.4 Å². The van der Waals surface area contributed by atoms with E-state index in [1.54, 1.807) is 0 Å². The molecule has 0 aromatic carbocycles. The predicted molar refractivity (Wildman–Crippen MR) is 76.7 cm³/mol. The summed E-state index contributed by atoms with van der Waals surface area (Å²) in [5.41, 5.74) is 0.547. The summed E-state index contributed by atoms with van der Waals surface area (Å²) in [6.07, 6.45) is 2.53. The fourth-order valence-corrected chi connectivity index (χ4v) is 4.09. The Balaban J connectivity index is 2.16. The van der Waals surface area contributed by atoms with Crippen LogP contribution in [0.25, 0.3) is 0 Å². The second kappa shape index (κ2) is 4.21. The van der Waals surface area contributed by atoms with Gasteiger partial charge in [-0.25, -0.2) is 0 Å². The van der Waals surface area contributed by atoms with Gasteiger partial charge < -0.3 is 10.1 Å². The van der Waals surface area contributed by atoms with E-state index in [2.05, 4.69) is 53.8 Å². The maximum atomic E-state index is 6.28. The van der Waals surface area contributed by atoms with Crippen molar-refractivity contribution in [3.63, 3.8) is 0 Å². The molecule has 1 N–H and O–H groups in total. The summed E-state index contributed by atoms with van der Waals surface area (Å²) < 4.78 is 6.28. The van der Waals surface area contributed by atoms with E-state index in [-0.39, 0.29) is 11.2 Å². The van der Waals surface area contributed by atoms with Crippen LogP contribution in [0, 0.1) is 17.3 Å². The number of rotatable bonds is 4. The lowest BCUT2D eigenvalue weighted by Gasteiger charge is -2.34. The highest BCUT2D eigenvalue weighted by molar-refractivity contribution is 5.09. The van der Waals surface area contributed by atoms with E-state index in [9.17, 15) is 0 Å². The number of hydrogen-bond donors (Lipinski definition) is 1. The van der Waals surface area contributed by atoms with Crippen molar-refractivity contribution >= 4 is 0 Å². The average molecular weight is 253 g/mol. The van der Waals surface area contributed by atoms with E-state index in [1.165, 1.54) is 12.8 Å². The van der Waals surface area contributed by atoms with Crippen LogP contribution in [0.3, 0.4) is 0 Å². The summed E-state index contributed by atoms with van der Waals surface area (Å²) in [5.74, 6) is 1.44. The van der Waals surface area contributed by atoms with Crippen molar-refractivity contribution in [3.8, 4) is 0 Å². The number of nitrogens with one attached hydrogen (secondary N) is 1. The highest BCUT2D eigenvalue weighted by Gasteiger charge is 2.57. The standard InChI is InChI=1S/C16H31NO/c1-8-17-13(11-9-14(11,2)3)12-10-15(4,5)18-16(12,6)7/h11-13,17H,8-10H2,1-7H3. The van der Waals surface area contributed by atoms with E-state index < -0.39 is 0 Å². The molecular weight excluding hydrogens is 222 g/mol. The summed E-state index contributed by atoms with van der Waals surface area (Å²) in [5, 5.41) is 3.76. The van der Waals surface area contributed by atoms with Crippen LogP contribution in [0.2, 0.25) is 0 Å². The molecule has 0 amide bonds. The molecule has 0 aromatic heterocycles. The van der Waals surface area contributed by atoms with Gasteiger partial charge in [-0.2, -0.15) is 0 Å². The van der Waals surface area contributed by atoms with Gasteiger partial charge in [-0.3, -0.25) is 0 Å². The van der Waals surface area contributed by atoms with Gasteiger partial charge in [-0.1, -0.05) is 20.8 Å². The molecule has 2 heteroatoms. The Hall–Kier alpha value is -0.0800. The molecule has 1 aliphatic carbocycles. The van der Waals surface area contributed by atoms with Crippen molar-refractivity contribution < 1.29 is 4.74 Å². The molecule has 3 unspecified atom stereocenters. The van der Waals surface area contributed by atoms with Gasteiger partial charge in [0.2, 0.25) is 0 Å². The Morgan fingerprint density at radius 1 is 1.06 bits per heavy atom. The number of hydrogen-bond acceptors (Lipinski definition) is 2. The molecule has 0 bridgehead atoms. The Labute approximate surface area is 113 Å². The molecule has 2 aliphatic rings. The topological polar surface area (TPSA) is 21.3 Å². The lowest BCUT2D eigenvalue weighted by Crippen LogP contribution is -2.46. The second-order valence-electron chi connectivity index (χ2n) is 8.16. The third kappa shape index (κ3) is 2.60. The van der Waals surface area contributed by atoms with Crippen molar-refractivity contribution in [2.45, 2.75) is 78.6 Å². The maximum absolute atomic E-state index is 6.28. The van der Waals surface area contributed by atoms with Crippen LogP contribution in [-0.4, -0.2) is 23.8 Å². The molecule has 0 radical (unpaired) electrons. The fourth-order valence-electron chi connectivity index (χ4n) is 4.09. The summed E-state index contributed by atoms with van der Waals surface area (Å²) in [6.45, 7) is 17.1. The molecule has 106 valence electrons. The molecule has 0 aromatic rings. The van der Waals surface area contributed by atoms with Gasteiger partial charge in [0.05, 0.1) is 11.2 Å². The quantitative estimate of drug-likeness (QED) is 0.826. The molecule has 1 heterocycles. The van der Waals surface area contributed by atoms with Gasteiger partial charge in [0, 0.05) is 12.0 Å². The minimum atomic E-state index is -0.00495. The Morgan fingerprint density at radius 3 is 1.94 bits per heavy atom. The Kier molecular flexibility index (Phi) is 3.35. The van der Waals surface area contributed by atoms with E-state index in [1.807, 2.05) is 0 Å². The molecule has 18 heavy (non-hydrogen) atoms. The average Bonchev–Trinajstić information content (AvgIpc) is 2.71. The molecular formula is C16H31NO. The summed E-state index contributed by atoms with van der Waals surface area (Å²) in [6, 6.07) is 0.613. The summed E-state index contributed by atoms with van der Waals surface area (Å²) >= 11 is 0. The zero-order valence-electron chi connectivity index (χ0n) is 13.3. The zero-order chi connectivity index (χ0) is 13.8. The minimum Gasteiger partial charge on any atom is -0.369 e. The molecule has 2 fully saturated rings. The van der Waals surface area contributed by atoms with Crippen LogP contribution in [0.4, 0.5) is 0 Å². The van der Waals surface area contributed by atoms with E-state index in [0.717, 1.165) is 12.5 Å². The molecule has 2 rings (SSSR count).